The molecule has 0 saturated heterocycles. The van der Waals surface area contributed by atoms with E-state index in [1.54, 1.807) is 11.3 Å². The van der Waals surface area contributed by atoms with Crippen LogP contribution in [-0.2, 0) is 11.3 Å². The fraction of sp³-hybridized carbons (Fsp3) is 0.583. The van der Waals surface area contributed by atoms with Gasteiger partial charge in [-0.2, -0.15) is 0 Å². The topological polar surface area (TPSA) is 20.3 Å². The summed E-state index contributed by atoms with van der Waals surface area (Å²) >= 11 is 1.71. The highest BCUT2D eigenvalue weighted by Gasteiger charge is 2.13. The van der Waals surface area contributed by atoms with Crippen LogP contribution in [-0.4, -0.2) is 17.4 Å². The van der Waals surface area contributed by atoms with Crippen molar-refractivity contribution >= 4 is 17.2 Å². The number of rotatable bonds is 5. The zero-order valence-corrected chi connectivity index (χ0v) is 10.5. The number of hydrogen-bond acceptors (Lipinski definition) is 2. The Balaban J connectivity index is 2.52. The van der Waals surface area contributed by atoms with Crippen LogP contribution in [0.15, 0.2) is 17.5 Å². The summed E-state index contributed by atoms with van der Waals surface area (Å²) in [5.74, 6) is 0.704. The van der Waals surface area contributed by atoms with Crippen LogP contribution in [0.5, 0.6) is 0 Å². The first kappa shape index (κ1) is 12.2. The van der Waals surface area contributed by atoms with Gasteiger partial charge >= 0.3 is 0 Å². The van der Waals surface area contributed by atoms with Gasteiger partial charge in [-0.15, -0.1) is 11.3 Å². The van der Waals surface area contributed by atoms with Crippen LogP contribution in [0, 0.1) is 5.92 Å². The summed E-state index contributed by atoms with van der Waals surface area (Å²) in [4.78, 5) is 15.0. The van der Waals surface area contributed by atoms with Crippen LogP contribution in [0.25, 0.3) is 0 Å². The maximum Gasteiger partial charge on any atom is 0.223 e. The predicted molar refractivity (Wildman–Crippen MR) is 64.9 cm³/mol. The number of carbonyl (C=O) groups excluding carboxylic acids is 1. The van der Waals surface area contributed by atoms with Crippen molar-refractivity contribution in [3.8, 4) is 0 Å². The number of nitrogens with zero attached hydrogens (tertiary/aromatic N) is 1. The van der Waals surface area contributed by atoms with Crippen molar-refractivity contribution < 1.29 is 4.79 Å². The van der Waals surface area contributed by atoms with Gasteiger partial charge in [0.05, 0.1) is 6.54 Å². The Labute approximate surface area is 95.9 Å². The van der Waals surface area contributed by atoms with Gasteiger partial charge in [-0.3, -0.25) is 4.79 Å². The minimum absolute atomic E-state index is 0.265. The molecular formula is C12H19NOS. The zero-order valence-electron chi connectivity index (χ0n) is 9.69. The molecule has 15 heavy (non-hydrogen) atoms. The maximum atomic E-state index is 11.8. The van der Waals surface area contributed by atoms with Gasteiger partial charge in [0, 0.05) is 17.8 Å². The molecule has 0 atom stereocenters. The van der Waals surface area contributed by atoms with E-state index >= 15 is 0 Å². The third kappa shape index (κ3) is 4.04. The van der Waals surface area contributed by atoms with E-state index in [0.29, 0.717) is 12.3 Å². The van der Waals surface area contributed by atoms with E-state index in [2.05, 4.69) is 25.3 Å². The standard InChI is InChI=1S/C12H19NOS/c1-4-13(12(14)8-10(2)3)9-11-6-5-7-15-11/h5-7,10H,4,8-9H2,1-3H3. The van der Waals surface area contributed by atoms with E-state index in [-0.39, 0.29) is 5.91 Å². The van der Waals surface area contributed by atoms with Crippen molar-refractivity contribution in [3.63, 3.8) is 0 Å². The first-order valence-corrected chi connectivity index (χ1v) is 6.31. The van der Waals surface area contributed by atoms with E-state index in [1.165, 1.54) is 4.88 Å². The number of carbonyl (C=O) groups is 1. The lowest BCUT2D eigenvalue weighted by molar-refractivity contribution is -0.132. The molecule has 84 valence electrons. The second kappa shape index (κ2) is 5.91. The Kier molecular flexibility index (Phi) is 4.82. The smallest absolute Gasteiger partial charge is 0.223 e. The molecule has 0 aliphatic heterocycles. The molecular weight excluding hydrogens is 206 g/mol. The fourth-order valence-corrected chi connectivity index (χ4v) is 2.16. The van der Waals surface area contributed by atoms with E-state index < -0.39 is 0 Å². The highest BCUT2D eigenvalue weighted by Crippen LogP contribution is 2.13. The largest absolute Gasteiger partial charge is 0.338 e. The minimum atomic E-state index is 0.265. The summed E-state index contributed by atoms with van der Waals surface area (Å²) in [6, 6.07) is 4.11. The van der Waals surface area contributed by atoms with Crippen molar-refractivity contribution in [1.29, 1.82) is 0 Å². The summed E-state index contributed by atoms with van der Waals surface area (Å²) in [7, 11) is 0. The Morgan fingerprint density at radius 2 is 2.27 bits per heavy atom. The molecule has 0 spiro atoms. The molecule has 0 saturated carbocycles. The summed E-state index contributed by atoms with van der Waals surface area (Å²) < 4.78 is 0. The quantitative estimate of drug-likeness (QED) is 0.754. The molecule has 0 aliphatic carbocycles. The van der Waals surface area contributed by atoms with Crippen LogP contribution in [0.2, 0.25) is 0 Å². The molecule has 1 heterocycles. The SMILES string of the molecule is CCN(Cc1cccs1)C(=O)CC(C)C. The highest BCUT2D eigenvalue weighted by molar-refractivity contribution is 7.09. The molecule has 0 radical (unpaired) electrons. The molecule has 1 aromatic rings. The minimum Gasteiger partial charge on any atom is -0.338 e. The zero-order chi connectivity index (χ0) is 11.3. The summed E-state index contributed by atoms with van der Waals surface area (Å²) in [6.07, 6.45) is 0.652. The Morgan fingerprint density at radius 1 is 1.53 bits per heavy atom. The van der Waals surface area contributed by atoms with Gasteiger partial charge in [0.2, 0.25) is 5.91 Å². The van der Waals surface area contributed by atoms with Crippen LogP contribution in [0.4, 0.5) is 0 Å². The van der Waals surface area contributed by atoms with Gasteiger partial charge in [0.25, 0.3) is 0 Å². The van der Waals surface area contributed by atoms with Crippen LogP contribution < -0.4 is 0 Å². The average molecular weight is 225 g/mol. The van der Waals surface area contributed by atoms with Gasteiger partial charge in [-0.1, -0.05) is 19.9 Å². The average Bonchev–Trinajstić information content (AvgIpc) is 2.65. The maximum absolute atomic E-state index is 11.8. The van der Waals surface area contributed by atoms with Crippen molar-refractivity contribution in [2.24, 2.45) is 5.92 Å². The molecule has 1 aromatic heterocycles. The first-order chi connectivity index (χ1) is 7.13. The van der Waals surface area contributed by atoms with E-state index in [9.17, 15) is 4.79 Å². The molecule has 2 nitrogen and oxygen atoms in total. The Morgan fingerprint density at radius 3 is 2.73 bits per heavy atom. The van der Waals surface area contributed by atoms with Gasteiger partial charge in [0.15, 0.2) is 0 Å². The van der Waals surface area contributed by atoms with E-state index in [4.69, 9.17) is 0 Å². The monoisotopic (exact) mass is 225 g/mol. The lowest BCUT2D eigenvalue weighted by Gasteiger charge is -2.21. The molecule has 3 heteroatoms. The number of thiophene rings is 1. The first-order valence-electron chi connectivity index (χ1n) is 5.43. The number of amides is 1. The lowest BCUT2D eigenvalue weighted by Crippen LogP contribution is -2.30. The number of hydrogen-bond donors (Lipinski definition) is 0. The molecule has 1 amide bonds. The van der Waals surface area contributed by atoms with Gasteiger partial charge in [-0.25, -0.2) is 0 Å². The van der Waals surface area contributed by atoms with E-state index in [0.717, 1.165) is 13.1 Å². The molecule has 0 unspecified atom stereocenters. The fourth-order valence-electron chi connectivity index (χ4n) is 1.45. The third-order valence-electron chi connectivity index (χ3n) is 2.24. The van der Waals surface area contributed by atoms with Crippen LogP contribution in [0.3, 0.4) is 0 Å². The van der Waals surface area contributed by atoms with Crippen molar-refractivity contribution in [3.05, 3.63) is 22.4 Å². The summed E-state index contributed by atoms with van der Waals surface area (Å²) in [5, 5.41) is 2.05. The van der Waals surface area contributed by atoms with Crippen LogP contribution in [0.1, 0.15) is 32.1 Å². The van der Waals surface area contributed by atoms with Gasteiger partial charge < -0.3 is 4.90 Å². The highest BCUT2D eigenvalue weighted by atomic mass is 32.1. The molecule has 0 aliphatic rings. The third-order valence-corrected chi connectivity index (χ3v) is 3.11. The van der Waals surface area contributed by atoms with Crippen molar-refractivity contribution in [2.75, 3.05) is 6.54 Å². The normalized spacial score (nSPS) is 10.7. The molecule has 1 rings (SSSR count). The molecule has 0 bridgehead atoms. The lowest BCUT2D eigenvalue weighted by atomic mass is 10.1. The molecule has 0 fully saturated rings. The van der Waals surface area contributed by atoms with Crippen LogP contribution >= 0.6 is 11.3 Å². The predicted octanol–water partition coefficient (Wildman–Crippen LogP) is 3.14. The molecule has 0 aromatic carbocycles. The second-order valence-corrected chi connectivity index (χ2v) is 5.12. The Bertz CT molecular complexity index is 293. The summed E-state index contributed by atoms with van der Waals surface area (Å²) in [6.45, 7) is 7.75. The Hall–Kier alpha value is -0.830. The van der Waals surface area contributed by atoms with Gasteiger partial charge in [0.1, 0.15) is 0 Å². The van der Waals surface area contributed by atoms with Gasteiger partial charge in [-0.05, 0) is 24.3 Å². The second-order valence-electron chi connectivity index (χ2n) is 4.09. The molecule has 0 N–H and O–H groups in total. The van der Waals surface area contributed by atoms with Crippen molar-refractivity contribution in [2.45, 2.75) is 33.7 Å². The summed E-state index contributed by atoms with van der Waals surface area (Å²) in [5.41, 5.74) is 0. The van der Waals surface area contributed by atoms with E-state index in [1.807, 2.05) is 17.9 Å². The van der Waals surface area contributed by atoms with Crippen molar-refractivity contribution in [1.82, 2.24) is 4.90 Å².